The van der Waals surface area contributed by atoms with Crippen molar-refractivity contribution in [3.63, 3.8) is 0 Å². The molecule has 0 bridgehead atoms. The van der Waals surface area contributed by atoms with Crippen LogP contribution < -0.4 is 10.6 Å². The van der Waals surface area contributed by atoms with Crippen molar-refractivity contribution in [3.05, 3.63) is 107 Å². The fraction of sp³-hybridized carbons (Fsp3) is 0.138. The molecule has 0 unspecified atom stereocenters. The molecular weight excluding hydrogens is 466 g/mol. The summed E-state index contributed by atoms with van der Waals surface area (Å²) >= 11 is 0. The van der Waals surface area contributed by atoms with Gasteiger partial charge < -0.3 is 15.2 Å². The Kier molecular flexibility index (Phi) is 6.47. The number of anilines is 1. The summed E-state index contributed by atoms with van der Waals surface area (Å²) in [5.74, 6) is 0.168. The van der Waals surface area contributed by atoms with E-state index in [1.54, 1.807) is 49.5 Å². The van der Waals surface area contributed by atoms with E-state index in [2.05, 4.69) is 20.8 Å². The van der Waals surface area contributed by atoms with Gasteiger partial charge in [-0.25, -0.2) is 4.98 Å². The first kappa shape index (κ1) is 23.9. The van der Waals surface area contributed by atoms with Gasteiger partial charge in [-0.05, 0) is 74.9 Å². The molecule has 0 aliphatic rings. The average Bonchev–Trinajstić information content (AvgIpc) is 3.32. The lowest BCUT2D eigenvalue weighted by Gasteiger charge is -2.13. The van der Waals surface area contributed by atoms with Crippen LogP contribution in [0.5, 0.6) is 0 Å². The average molecular weight is 492 g/mol. The maximum absolute atomic E-state index is 13.5. The molecule has 0 atom stereocenters. The maximum Gasteiger partial charge on any atom is 0.256 e. The number of carbonyl (C=O) groups is 2. The van der Waals surface area contributed by atoms with Gasteiger partial charge in [0.15, 0.2) is 0 Å². The molecule has 2 aromatic carbocycles. The minimum atomic E-state index is -0.270. The first-order chi connectivity index (χ1) is 17.9. The van der Waals surface area contributed by atoms with E-state index in [9.17, 15) is 9.59 Å². The second-order valence-corrected chi connectivity index (χ2v) is 8.89. The molecule has 3 aromatic heterocycles. The molecule has 0 aliphatic heterocycles. The molecule has 0 saturated carbocycles. The molecule has 184 valence electrons. The van der Waals surface area contributed by atoms with Gasteiger partial charge in [0.25, 0.3) is 11.8 Å². The standard InChI is InChI=1S/C29H25N5O3/c1-17-12-18(2)27-23(13-17)24(15-26(33-27)25-6-4-5-11-30-25)29(36)32-21-9-7-20(8-10-21)28(35)31-16-22-14-19(3)37-34-22/h4-15H,16H2,1-3H3,(H,31,35)(H,32,36). The molecule has 0 radical (unpaired) electrons. The lowest BCUT2D eigenvalue weighted by Crippen LogP contribution is -2.23. The molecule has 2 N–H and O–H groups in total. The van der Waals surface area contributed by atoms with Crippen LogP contribution in [0, 0.1) is 20.8 Å². The molecule has 0 aliphatic carbocycles. The molecule has 8 heteroatoms. The van der Waals surface area contributed by atoms with Crippen molar-refractivity contribution in [3.8, 4) is 11.4 Å². The van der Waals surface area contributed by atoms with Gasteiger partial charge in [0.1, 0.15) is 11.5 Å². The van der Waals surface area contributed by atoms with E-state index >= 15 is 0 Å². The van der Waals surface area contributed by atoms with Crippen molar-refractivity contribution < 1.29 is 14.1 Å². The van der Waals surface area contributed by atoms with Crippen molar-refractivity contribution in [2.24, 2.45) is 0 Å². The minimum Gasteiger partial charge on any atom is -0.361 e. The van der Waals surface area contributed by atoms with Gasteiger partial charge in [-0.2, -0.15) is 0 Å². The first-order valence-electron chi connectivity index (χ1n) is 11.8. The number of aromatic nitrogens is 3. The van der Waals surface area contributed by atoms with E-state index < -0.39 is 0 Å². The molecule has 37 heavy (non-hydrogen) atoms. The highest BCUT2D eigenvalue weighted by atomic mass is 16.5. The summed E-state index contributed by atoms with van der Waals surface area (Å²) in [6, 6.07) is 19.9. The zero-order valence-electron chi connectivity index (χ0n) is 20.7. The van der Waals surface area contributed by atoms with Gasteiger partial charge in [0.05, 0.1) is 29.0 Å². The molecule has 0 spiro atoms. The van der Waals surface area contributed by atoms with E-state index in [0.717, 1.165) is 22.0 Å². The van der Waals surface area contributed by atoms with E-state index in [1.807, 2.05) is 44.2 Å². The number of nitrogens with one attached hydrogen (secondary N) is 2. The molecule has 3 heterocycles. The summed E-state index contributed by atoms with van der Waals surface area (Å²) in [5, 5.41) is 10.4. The van der Waals surface area contributed by atoms with Gasteiger partial charge in [-0.15, -0.1) is 0 Å². The van der Waals surface area contributed by atoms with Crippen LogP contribution in [-0.4, -0.2) is 26.9 Å². The third-order valence-electron chi connectivity index (χ3n) is 5.93. The number of amides is 2. The highest BCUT2D eigenvalue weighted by Gasteiger charge is 2.17. The van der Waals surface area contributed by atoms with Gasteiger partial charge >= 0.3 is 0 Å². The summed E-state index contributed by atoms with van der Waals surface area (Å²) in [6.45, 7) is 6.04. The molecule has 5 rings (SSSR count). The fourth-order valence-electron chi connectivity index (χ4n) is 4.19. The number of benzene rings is 2. The van der Waals surface area contributed by atoms with E-state index in [-0.39, 0.29) is 18.4 Å². The largest absolute Gasteiger partial charge is 0.361 e. The number of rotatable bonds is 6. The van der Waals surface area contributed by atoms with Crippen LogP contribution in [0.3, 0.4) is 0 Å². The topological polar surface area (TPSA) is 110 Å². The second-order valence-electron chi connectivity index (χ2n) is 8.89. The Morgan fingerprint density at radius 2 is 1.70 bits per heavy atom. The lowest BCUT2D eigenvalue weighted by molar-refractivity contribution is 0.0949. The van der Waals surface area contributed by atoms with E-state index in [4.69, 9.17) is 9.51 Å². The minimum absolute atomic E-state index is 0.246. The lowest BCUT2D eigenvalue weighted by atomic mass is 10.00. The highest BCUT2D eigenvalue weighted by molar-refractivity contribution is 6.13. The quantitative estimate of drug-likeness (QED) is 0.329. The Balaban J connectivity index is 1.39. The summed E-state index contributed by atoms with van der Waals surface area (Å²) in [5.41, 5.74) is 6.29. The summed E-state index contributed by atoms with van der Waals surface area (Å²) in [7, 11) is 0. The number of hydrogen-bond acceptors (Lipinski definition) is 6. The van der Waals surface area contributed by atoms with Crippen molar-refractivity contribution in [2.45, 2.75) is 27.3 Å². The van der Waals surface area contributed by atoms with Crippen LogP contribution in [-0.2, 0) is 6.54 Å². The molecule has 5 aromatic rings. The summed E-state index contributed by atoms with van der Waals surface area (Å²) in [4.78, 5) is 35.2. The number of nitrogens with zero attached hydrogens (tertiary/aromatic N) is 3. The van der Waals surface area contributed by atoms with Crippen LogP contribution in [0.25, 0.3) is 22.3 Å². The number of hydrogen-bond donors (Lipinski definition) is 2. The fourth-order valence-corrected chi connectivity index (χ4v) is 4.19. The monoisotopic (exact) mass is 491 g/mol. The number of carbonyl (C=O) groups excluding carboxylic acids is 2. The zero-order valence-corrected chi connectivity index (χ0v) is 20.7. The molecule has 2 amide bonds. The molecular formula is C29H25N5O3. The van der Waals surface area contributed by atoms with E-state index in [1.165, 1.54) is 0 Å². The van der Waals surface area contributed by atoms with Crippen LogP contribution in [0.15, 0.2) is 77.4 Å². The van der Waals surface area contributed by atoms with Crippen molar-refractivity contribution in [1.82, 2.24) is 20.4 Å². The van der Waals surface area contributed by atoms with Gasteiger partial charge in [-0.1, -0.05) is 22.9 Å². The third-order valence-corrected chi connectivity index (χ3v) is 5.93. The SMILES string of the molecule is Cc1cc(C)c2nc(-c3ccccn3)cc(C(=O)Nc3ccc(C(=O)NCc4cc(C)on4)cc3)c2c1. The highest BCUT2D eigenvalue weighted by Crippen LogP contribution is 2.28. The third kappa shape index (κ3) is 5.23. The Bertz CT molecular complexity index is 1610. The predicted molar refractivity (Wildman–Crippen MR) is 141 cm³/mol. The van der Waals surface area contributed by atoms with E-state index in [0.29, 0.717) is 39.7 Å². The Labute approximate surface area is 213 Å². The normalized spacial score (nSPS) is 10.9. The first-order valence-corrected chi connectivity index (χ1v) is 11.8. The second kappa shape index (κ2) is 10.0. The van der Waals surface area contributed by atoms with Crippen LogP contribution in [0.2, 0.25) is 0 Å². The van der Waals surface area contributed by atoms with Crippen molar-refractivity contribution in [2.75, 3.05) is 5.32 Å². The number of fused-ring (bicyclic) bond motifs is 1. The Morgan fingerprint density at radius 3 is 2.41 bits per heavy atom. The maximum atomic E-state index is 13.5. The van der Waals surface area contributed by atoms with Crippen LogP contribution >= 0.6 is 0 Å². The van der Waals surface area contributed by atoms with Gasteiger partial charge in [0.2, 0.25) is 0 Å². The predicted octanol–water partition coefficient (Wildman–Crippen LogP) is 5.39. The Morgan fingerprint density at radius 1 is 0.892 bits per heavy atom. The number of aryl methyl sites for hydroxylation is 3. The van der Waals surface area contributed by atoms with Crippen molar-refractivity contribution >= 4 is 28.4 Å². The van der Waals surface area contributed by atoms with Crippen molar-refractivity contribution in [1.29, 1.82) is 0 Å². The smallest absolute Gasteiger partial charge is 0.256 e. The van der Waals surface area contributed by atoms with Gasteiger partial charge in [0, 0.05) is 28.9 Å². The van der Waals surface area contributed by atoms with Crippen LogP contribution in [0.4, 0.5) is 5.69 Å². The van der Waals surface area contributed by atoms with Gasteiger partial charge in [-0.3, -0.25) is 14.6 Å². The molecule has 8 nitrogen and oxygen atoms in total. The summed E-state index contributed by atoms with van der Waals surface area (Å²) < 4.78 is 5.01. The zero-order chi connectivity index (χ0) is 25.9. The molecule has 0 fully saturated rings. The Hall–Kier alpha value is -4.85. The van der Waals surface area contributed by atoms with Crippen LogP contribution in [0.1, 0.15) is 43.3 Å². The molecule has 0 saturated heterocycles. The number of pyridine rings is 2. The summed E-state index contributed by atoms with van der Waals surface area (Å²) in [6.07, 6.45) is 1.70.